The van der Waals surface area contributed by atoms with Gasteiger partial charge in [0, 0.05) is 11.0 Å². The molecule has 2 rings (SSSR count). The molecule has 2 aromatic heterocycles. The zero-order valence-corrected chi connectivity index (χ0v) is 10.4. The molecule has 7 heteroatoms. The van der Waals surface area contributed by atoms with Crippen molar-refractivity contribution in [2.45, 2.75) is 32.7 Å². The fourth-order valence-corrected chi connectivity index (χ4v) is 1.79. The van der Waals surface area contributed by atoms with Crippen molar-refractivity contribution < 1.29 is 14.4 Å². The summed E-state index contributed by atoms with van der Waals surface area (Å²) in [6, 6.07) is 0. The van der Waals surface area contributed by atoms with Crippen molar-refractivity contribution in [2.24, 2.45) is 0 Å². The van der Waals surface area contributed by atoms with Crippen molar-refractivity contribution in [3.05, 3.63) is 29.4 Å². The van der Waals surface area contributed by atoms with Crippen LogP contribution in [0.25, 0.3) is 0 Å². The Kier molecular flexibility index (Phi) is 2.90. The molecule has 18 heavy (non-hydrogen) atoms. The van der Waals surface area contributed by atoms with Gasteiger partial charge in [-0.05, 0) is 0 Å². The summed E-state index contributed by atoms with van der Waals surface area (Å²) in [7, 11) is 0. The van der Waals surface area contributed by atoms with Gasteiger partial charge in [0.25, 0.3) is 0 Å². The molecule has 2 heterocycles. The van der Waals surface area contributed by atoms with E-state index >= 15 is 0 Å². The molecule has 0 bridgehead atoms. The molecule has 2 aromatic rings. The number of carboxylic acid groups (broad SMARTS) is 1. The van der Waals surface area contributed by atoms with Crippen LogP contribution < -0.4 is 0 Å². The maximum absolute atomic E-state index is 11.1. The van der Waals surface area contributed by atoms with Crippen molar-refractivity contribution in [3.63, 3.8) is 0 Å². The maximum atomic E-state index is 11.1. The molecule has 1 N–H and O–H groups in total. The number of carbonyl (C=O) groups is 1. The van der Waals surface area contributed by atoms with E-state index in [1.54, 1.807) is 10.9 Å². The third-order valence-electron chi connectivity index (χ3n) is 2.46. The lowest BCUT2D eigenvalue weighted by Gasteiger charge is -2.19. The smallest absolute Gasteiger partial charge is 0.358 e. The highest BCUT2D eigenvalue weighted by Gasteiger charge is 2.29. The van der Waals surface area contributed by atoms with E-state index in [1.807, 2.05) is 20.8 Å². The molecule has 0 atom stereocenters. The zero-order valence-electron chi connectivity index (χ0n) is 10.4. The minimum Gasteiger partial charge on any atom is -0.476 e. The van der Waals surface area contributed by atoms with E-state index in [9.17, 15) is 4.79 Å². The van der Waals surface area contributed by atoms with E-state index in [-0.39, 0.29) is 11.1 Å². The van der Waals surface area contributed by atoms with Crippen LogP contribution in [0.2, 0.25) is 0 Å². The number of aromatic carboxylic acids is 1. The molecular formula is C11H14N4O3. The van der Waals surface area contributed by atoms with Crippen molar-refractivity contribution in [1.82, 2.24) is 20.2 Å². The van der Waals surface area contributed by atoms with Gasteiger partial charge in [0.05, 0.1) is 18.4 Å². The lowest BCUT2D eigenvalue weighted by Crippen LogP contribution is -2.22. The average molecular weight is 250 g/mol. The average Bonchev–Trinajstić information content (AvgIpc) is 2.85. The van der Waals surface area contributed by atoms with Crippen LogP contribution in [-0.2, 0) is 12.0 Å². The highest BCUT2D eigenvalue weighted by atomic mass is 16.5. The summed E-state index contributed by atoms with van der Waals surface area (Å²) in [5, 5.41) is 20.3. The van der Waals surface area contributed by atoms with Crippen LogP contribution in [0.5, 0.6) is 0 Å². The highest BCUT2D eigenvalue weighted by Crippen LogP contribution is 2.25. The SMILES string of the molecule is CC(C)(C)c1c(C(=O)O)nnn1Cc1cnoc1. The predicted octanol–water partition coefficient (Wildman–Crippen LogP) is 1.31. The molecule has 0 aliphatic heterocycles. The van der Waals surface area contributed by atoms with Gasteiger partial charge in [-0.25, -0.2) is 9.48 Å². The molecule has 0 aliphatic rings. The molecule has 0 saturated heterocycles. The van der Waals surface area contributed by atoms with Crippen LogP contribution in [0, 0.1) is 0 Å². The van der Waals surface area contributed by atoms with Crippen LogP contribution in [0.1, 0.15) is 42.5 Å². The van der Waals surface area contributed by atoms with Crippen molar-refractivity contribution in [2.75, 3.05) is 0 Å². The number of hydrogen-bond acceptors (Lipinski definition) is 5. The molecule has 0 unspecified atom stereocenters. The third kappa shape index (κ3) is 2.24. The van der Waals surface area contributed by atoms with Crippen molar-refractivity contribution >= 4 is 5.97 Å². The van der Waals surface area contributed by atoms with E-state index in [0.717, 1.165) is 5.56 Å². The minimum absolute atomic E-state index is 0.0149. The van der Waals surface area contributed by atoms with Crippen molar-refractivity contribution in [1.29, 1.82) is 0 Å². The number of nitrogens with zero attached hydrogens (tertiary/aromatic N) is 4. The molecule has 0 radical (unpaired) electrons. The van der Waals surface area contributed by atoms with Gasteiger partial charge >= 0.3 is 5.97 Å². The summed E-state index contributed by atoms with van der Waals surface area (Å²) in [6.45, 7) is 6.14. The fourth-order valence-electron chi connectivity index (χ4n) is 1.79. The quantitative estimate of drug-likeness (QED) is 0.882. The third-order valence-corrected chi connectivity index (χ3v) is 2.46. The lowest BCUT2D eigenvalue weighted by molar-refractivity contribution is 0.0687. The fraction of sp³-hybridized carbons (Fsp3) is 0.455. The second kappa shape index (κ2) is 4.25. The second-order valence-corrected chi connectivity index (χ2v) is 5.03. The van der Waals surface area contributed by atoms with Gasteiger partial charge in [-0.1, -0.05) is 31.1 Å². The Morgan fingerprint density at radius 1 is 1.50 bits per heavy atom. The number of carboxylic acids is 1. The predicted molar refractivity (Wildman–Crippen MR) is 61.3 cm³/mol. The summed E-state index contributed by atoms with van der Waals surface area (Å²) in [5.41, 5.74) is 1.01. The molecule has 0 aliphatic carbocycles. The molecular weight excluding hydrogens is 236 g/mol. The molecule has 0 fully saturated rings. The first-order valence-corrected chi connectivity index (χ1v) is 5.45. The number of rotatable bonds is 3. The van der Waals surface area contributed by atoms with Gasteiger partial charge in [0.1, 0.15) is 6.26 Å². The Bertz CT molecular complexity index is 551. The van der Waals surface area contributed by atoms with E-state index in [2.05, 4.69) is 15.5 Å². The van der Waals surface area contributed by atoms with E-state index in [0.29, 0.717) is 12.2 Å². The molecule has 0 saturated carbocycles. The molecule has 96 valence electrons. The summed E-state index contributed by atoms with van der Waals surface area (Å²) >= 11 is 0. The van der Waals surface area contributed by atoms with Gasteiger partial charge < -0.3 is 9.63 Å². The highest BCUT2D eigenvalue weighted by molar-refractivity contribution is 5.86. The van der Waals surface area contributed by atoms with Crippen LogP contribution in [-0.4, -0.2) is 31.2 Å². The molecule has 0 spiro atoms. The minimum atomic E-state index is -1.07. The Morgan fingerprint density at radius 2 is 2.22 bits per heavy atom. The Hall–Kier alpha value is -2.18. The standard InChI is InChI=1S/C11H14N4O3/c1-11(2,3)9-8(10(16)17)13-14-15(9)5-7-4-12-18-6-7/h4,6H,5H2,1-3H3,(H,16,17). The monoisotopic (exact) mass is 250 g/mol. The van der Waals surface area contributed by atoms with Crippen LogP contribution in [0.4, 0.5) is 0 Å². The summed E-state index contributed by atoms with van der Waals surface area (Å²) in [5.74, 6) is -1.07. The first-order valence-electron chi connectivity index (χ1n) is 5.45. The van der Waals surface area contributed by atoms with E-state index in [1.165, 1.54) is 6.26 Å². The lowest BCUT2D eigenvalue weighted by atomic mass is 9.90. The Labute approximate surface area is 103 Å². The Morgan fingerprint density at radius 3 is 2.72 bits per heavy atom. The van der Waals surface area contributed by atoms with Crippen molar-refractivity contribution in [3.8, 4) is 0 Å². The maximum Gasteiger partial charge on any atom is 0.358 e. The normalized spacial score (nSPS) is 11.7. The zero-order chi connectivity index (χ0) is 13.3. The molecule has 0 amide bonds. The van der Waals surface area contributed by atoms with Gasteiger partial charge in [0.2, 0.25) is 0 Å². The van der Waals surface area contributed by atoms with Gasteiger partial charge in [-0.2, -0.15) is 0 Å². The second-order valence-electron chi connectivity index (χ2n) is 5.03. The van der Waals surface area contributed by atoms with Crippen LogP contribution in [0.15, 0.2) is 17.0 Å². The summed E-state index contributed by atoms with van der Waals surface area (Å²) in [4.78, 5) is 11.1. The first kappa shape index (κ1) is 12.3. The number of hydrogen-bond donors (Lipinski definition) is 1. The Balaban J connectivity index is 2.45. The molecule has 7 nitrogen and oxygen atoms in total. The van der Waals surface area contributed by atoms with Crippen LogP contribution >= 0.6 is 0 Å². The first-order chi connectivity index (χ1) is 8.39. The topological polar surface area (TPSA) is 94.0 Å². The van der Waals surface area contributed by atoms with E-state index in [4.69, 9.17) is 9.63 Å². The number of aromatic nitrogens is 4. The van der Waals surface area contributed by atoms with Gasteiger partial charge in [0.15, 0.2) is 5.69 Å². The van der Waals surface area contributed by atoms with Crippen LogP contribution in [0.3, 0.4) is 0 Å². The summed E-state index contributed by atoms with van der Waals surface area (Å²) < 4.78 is 6.30. The van der Waals surface area contributed by atoms with Gasteiger partial charge in [-0.15, -0.1) is 5.10 Å². The largest absolute Gasteiger partial charge is 0.476 e. The summed E-state index contributed by atoms with van der Waals surface area (Å²) in [6.07, 6.45) is 3.06. The van der Waals surface area contributed by atoms with E-state index < -0.39 is 5.97 Å². The van der Waals surface area contributed by atoms with Gasteiger partial charge in [-0.3, -0.25) is 0 Å². The molecule has 0 aromatic carbocycles.